The number of benzene rings is 1. The molecule has 1 unspecified atom stereocenters. The molecule has 0 bridgehead atoms. The number of aliphatic hydroxyl groups excluding tert-OH is 1. The maximum Gasteiger partial charge on any atom is 0.208 e. The lowest BCUT2D eigenvalue weighted by atomic mass is 10.2. The summed E-state index contributed by atoms with van der Waals surface area (Å²) in [4.78, 5) is 2.15. The Morgan fingerprint density at radius 2 is 2.15 bits per heavy atom. The first-order valence-electron chi connectivity index (χ1n) is 6.69. The van der Waals surface area contributed by atoms with Crippen LogP contribution >= 0.6 is 11.3 Å². The second kappa shape index (κ2) is 6.30. The Bertz CT molecular complexity index is 546. The van der Waals surface area contributed by atoms with Gasteiger partial charge < -0.3 is 14.7 Å². The summed E-state index contributed by atoms with van der Waals surface area (Å²) < 4.78 is 5.50. The summed E-state index contributed by atoms with van der Waals surface area (Å²) in [5.74, 6) is 0.140. The smallest absolute Gasteiger partial charge is 0.208 e. The third kappa shape index (κ3) is 2.98. The minimum atomic E-state index is 0.140. The van der Waals surface area contributed by atoms with Gasteiger partial charge in [-0.1, -0.05) is 41.7 Å². The highest BCUT2D eigenvalue weighted by Gasteiger charge is 2.21. The molecule has 2 aromatic rings. The first-order valence-corrected chi connectivity index (χ1v) is 7.51. The minimum Gasteiger partial charge on any atom is -0.396 e. The maximum absolute atomic E-state index is 9.32. The fraction of sp³-hybridized carbons (Fsp3) is 0.429. The van der Waals surface area contributed by atoms with E-state index in [1.54, 1.807) is 11.3 Å². The van der Waals surface area contributed by atoms with Crippen molar-refractivity contribution in [3.05, 3.63) is 30.3 Å². The molecule has 1 aliphatic heterocycles. The Hall–Kier alpha value is -1.50. The normalized spacial score (nSPS) is 19.9. The van der Waals surface area contributed by atoms with Gasteiger partial charge in [-0.05, 0) is 0 Å². The van der Waals surface area contributed by atoms with Crippen molar-refractivity contribution < 1.29 is 9.84 Å². The first-order chi connectivity index (χ1) is 9.86. The second-order valence-corrected chi connectivity index (χ2v) is 5.78. The number of aliphatic hydroxyl groups is 1. The third-order valence-electron chi connectivity index (χ3n) is 3.30. The summed E-state index contributed by atoms with van der Waals surface area (Å²) in [5.41, 5.74) is 1.08. The van der Waals surface area contributed by atoms with Crippen LogP contribution in [0.25, 0.3) is 10.6 Å². The SMILES string of the molecule is OCC1COCCN(c2nnc(-c3ccccc3)s2)C1. The van der Waals surface area contributed by atoms with E-state index in [9.17, 15) is 5.11 Å². The van der Waals surface area contributed by atoms with Gasteiger partial charge in [0, 0.05) is 31.2 Å². The van der Waals surface area contributed by atoms with Crippen molar-refractivity contribution in [2.24, 2.45) is 5.92 Å². The fourth-order valence-electron chi connectivity index (χ4n) is 2.21. The molecule has 5 nitrogen and oxygen atoms in total. The molecule has 3 rings (SSSR count). The molecule has 0 aliphatic carbocycles. The summed E-state index contributed by atoms with van der Waals surface area (Å²) in [5, 5.41) is 19.7. The average molecular weight is 291 g/mol. The van der Waals surface area contributed by atoms with E-state index in [0.717, 1.165) is 28.8 Å². The van der Waals surface area contributed by atoms with Crippen LogP contribution in [0.4, 0.5) is 5.13 Å². The highest BCUT2D eigenvalue weighted by molar-refractivity contribution is 7.18. The van der Waals surface area contributed by atoms with Crippen molar-refractivity contribution >= 4 is 16.5 Å². The number of nitrogens with zero attached hydrogens (tertiary/aromatic N) is 3. The molecule has 0 spiro atoms. The molecule has 0 saturated carbocycles. The Morgan fingerprint density at radius 1 is 1.30 bits per heavy atom. The zero-order chi connectivity index (χ0) is 13.8. The molecule has 1 saturated heterocycles. The summed E-state index contributed by atoms with van der Waals surface area (Å²) in [7, 11) is 0. The molecule has 20 heavy (non-hydrogen) atoms. The standard InChI is InChI=1S/C14H17N3O2S/c18-9-11-8-17(6-7-19-10-11)14-16-15-13(20-14)12-4-2-1-3-5-12/h1-5,11,18H,6-10H2. The highest BCUT2D eigenvalue weighted by Crippen LogP contribution is 2.29. The van der Waals surface area contributed by atoms with Crippen LogP contribution in [0, 0.1) is 5.92 Å². The number of hydrogen-bond acceptors (Lipinski definition) is 6. The van der Waals surface area contributed by atoms with Crippen molar-refractivity contribution in [2.45, 2.75) is 0 Å². The van der Waals surface area contributed by atoms with Crippen molar-refractivity contribution in [3.63, 3.8) is 0 Å². The van der Waals surface area contributed by atoms with Crippen LogP contribution in [-0.4, -0.2) is 48.2 Å². The van der Waals surface area contributed by atoms with Gasteiger partial charge >= 0.3 is 0 Å². The molecule has 0 radical (unpaired) electrons. The lowest BCUT2D eigenvalue weighted by Gasteiger charge is -2.20. The Kier molecular flexibility index (Phi) is 4.25. The largest absolute Gasteiger partial charge is 0.396 e. The van der Waals surface area contributed by atoms with Gasteiger partial charge in [0.15, 0.2) is 0 Å². The molecule has 2 heterocycles. The van der Waals surface area contributed by atoms with Gasteiger partial charge in [0.2, 0.25) is 5.13 Å². The molecule has 6 heteroatoms. The average Bonchev–Trinajstić information content (AvgIpc) is 2.87. The molecule has 1 fully saturated rings. The van der Waals surface area contributed by atoms with Crippen molar-refractivity contribution in [3.8, 4) is 10.6 Å². The molecular weight excluding hydrogens is 274 g/mol. The molecule has 1 N–H and O–H groups in total. The lowest BCUT2D eigenvalue weighted by Crippen LogP contribution is -2.31. The Labute approximate surface area is 121 Å². The van der Waals surface area contributed by atoms with E-state index in [-0.39, 0.29) is 12.5 Å². The van der Waals surface area contributed by atoms with Gasteiger partial charge in [-0.2, -0.15) is 0 Å². The van der Waals surface area contributed by atoms with Crippen LogP contribution in [-0.2, 0) is 4.74 Å². The molecule has 1 aliphatic rings. The molecule has 1 aromatic heterocycles. The van der Waals surface area contributed by atoms with Gasteiger partial charge in [-0.25, -0.2) is 0 Å². The lowest BCUT2D eigenvalue weighted by molar-refractivity contribution is 0.0959. The monoisotopic (exact) mass is 291 g/mol. The first kappa shape index (κ1) is 13.5. The van der Waals surface area contributed by atoms with Crippen molar-refractivity contribution in [2.75, 3.05) is 37.8 Å². The summed E-state index contributed by atoms with van der Waals surface area (Å²) in [6.07, 6.45) is 0. The van der Waals surface area contributed by atoms with E-state index in [2.05, 4.69) is 15.1 Å². The zero-order valence-corrected chi connectivity index (χ0v) is 11.9. The van der Waals surface area contributed by atoms with E-state index in [4.69, 9.17) is 4.74 Å². The quantitative estimate of drug-likeness (QED) is 0.932. The molecular formula is C14H17N3O2S. The van der Waals surface area contributed by atoms with E-state index >= 15 is 0 Å². The molecule has 0 amide bonds. The third-order valence-corrected chi connectivity index (χ3v) is 4.33. The fourth-order valence-corrected chi connectivity index (χ4v) is 3.09. The number of rotatable bonds is 3. The maximum atomic E-state index is 9.32. The van der Waals surface area contributed by atoms with Crippen molar-refractivity contribution in [1.29, 1.82) is 0 Å². The van der Waals surface area contributed by atoms with Crippen LogP contribution in [0.15, 0.2) is 30.3 Å². The minimum absolute atomic E-state index is 0.140. The van der Waals surface area contributed by atoms with Gasteiger partial charge in [-0.3, -0.25) is 0 Å². The second-order valence-electron chi connectivity index (χ2n) is 4.83. The predicted octanol–water partition coefficient (Wildman–Crippen LogP) is 1.65. The number of hydrogen-bond donors (Lipinski definition) is 1. The Morgan fingerprint density at radius 3 is 2.95 bits per heavy atom. The van der Waals surface area contributed by atoms with Crippen LogP contribution < -0.4 is 4.90 Å². The summed E-state index contributed by atoms with van der Waals surface area (Å²) in [6.45, 7) is 2.97. The van der Waals surface area contributed by atoms with Gasteiger partial charge in [0.25, 0.3) is 0 Å². The molecule has 1 aromatic carbocycles. The molecule has 106 valence electrons. The van der Waals surface area contributed by atoms with E-state index in [1.165, 1.54) is 0 Å². The van der Waals surface area contributed by atoms with Gasteiger partial charge in [0.05, 0.1) is 13.2 Å². The number of aromatic nitrogens is 2. The van der Waals surface area contributed by atoms with E-state index < -0.39 is 0 Å². The van der Waals surface area contributed by atoms with Crippen molar-refractivity contribution in [1.82, 2.24) is 10.2 Å². The molecule has 1 atom stereocenters. The highest BCUT2D eigenvalue weighted by atomic mass is 32.1. The zero-order valence-electron chi connectivity index (χ0n) is 11.1. The van der Waals surface area contributed by atoms with Gasteiger partial charge in [-0.15, -0.1) is 10.2 Å². The predicted molar refractivity (Wildman–Crippen MR) is 79.0 cm³/mol. The summed E-state index contributed by atoms with van der Waals surface area (Å²) in [6, 6.07) is 10.1. The van der Waals surface area contributed by atoms with Crippen LogP contribution in [0.3, 0.4) is 0 Å². The summed E-state index contributed by atoms with van der Waals surface area (Å²) >= 11 is 1.58. The van der Waals surface area contributed by atoms with Crippen LogP contribution in [0.5, 0.6) is 0 Å². The van der Waals surface area contributed by atoms with E-state index in [0.29, 0.717) is 13.2 Å². The number of anilines is 1. The van der Waals surface area contributed by atoms with Crippen LogP contribution in [0.2, 0.25) is 0 Å². The Balaban J connectivity index is 1.79. The van der Waals surface area contributed by atoms with Gasteiger partial charge in [0.1, 0.15) is 5.01 Å². The van der Waals surface area contributed by atoms with E-state index in [1.807, 2.05) is 30.3 Å². The number of ether oxygens (including phenoxy) is 1. The topological polar surface area (TPSA) is 58.5 Å². The van der Waals surface area contributed by atoms with Crippen LogP contribution in [0.1, 0.15) is 0 Å².